The van der Waals surface area contributed by atoms with Gasteiger partial charge in [0.15, 0.2) is 5.43 Å². The molecule has 2 rings (SSSR count). The van der Waals surface area contributed by atoms with Gasteiger partial charge in [-0.3, -0.25) is 4.79 Å². The van der Waals surface area contributed by atoms with Gasteiger partial charge < -0.3 is 9.67 Å². The second-order valence-electron chi connectivity index (χ2n) is 3.83. The standard InChI is InChI=1S/C13H10FNO3/c14-10-3-1-2-9(6-10)7-15-5-4-12(16)11(8-15)13(17)18/h1-6,8H,7H2,(H,17,18). The Kier molecular flexibility index (Phi) is 3.23. The quantitative estimate of drug-likeness (QED) is 0.898. The molecule has 0 fully saturated rings. The lowest BCUT2D eigenvalue weighted by Crippen LogP contribution is -2.16. The van der Waals surface area contributed by atoms with Crippen LogP contribution in [0.5, 0.6) is 0 Å². The SMILES string of the molecule is O=C(O)c1cn(Cc2cccc(F)c2)ccc1=O. The largest absolute Gasteiger partial charge is 0.477 e. The molecule has 1 heterocycles. The van der Waals surface area contributed by atoms with E-state index in [2.05, 4.69) is 0 Å². The Bertz CT molecular complexity index is 649. The van der Waals surface area contributed by atoms with Gasteiger partial charge in [-0.2, -0.15) is 0 Å². The van der Waals surface area contributed by atoms with Crippen LogP contribution in [0, 0.1) is 5.82 Å². The van der Waals surface area contributed by atoms with E-state index in [9.17, 15) is 14.0 Å². The maximum atomic E-state index is 13.0. The summed E-state index contributed by atoms with van der Waals surface area (Å²) in [4.78, 5) is 22.1. The van der Waals surface area contributed by atoms with Crippen LogP contribution in [0.3, 0.4) is 0 Å². The van der Waals surface area contributed by atoms with Crippen molar-refractivity contribution < 1.29 is 14.3 Å². The van der Waals surface area contributed by atoms with Gasteiger partial charge in [0, 0.05) is 25.0 Å². The normalized spacial score (nSPS) is 10.3. The van der Waals surface area contributed by atoms with Crippen molar-refractivity contribution in [1.82, 2.24) is 4.57 Å². The van der Waals surface area contributed by atoms with Gasteiger partial charge in [-0.1, -0.05) is 12.1 Å². The van der Waals surface area contributed by atoms with Gasteiger partial charge in [-0.15, -0.1) is 0 Å². The molecule has 1 aromatic carbocycles. The third-order valence-corrected chi connectivity index (χ3v) is 2.46. The van der Waals surface area contributed by atoms with Crippen LogP contribution < -0.4 is 5.43 Å². The molecule has 5 heteroatoms. The molecule has 0 saturated heterocycles. The topological polar surface area (TPSA) is 59.3 Å². The van der Waals surface area contributed by atoms with E-state index < -0.39 is 11.4 Å². The molecule has 0 atom stereocenters. The Morgan fingerprint density at radius 3 is 2.78 bits per heavy atom. The van der Waals surface area contributed by atoms with Gasteiger partial charge >= 0.3 is 5.97 Å². The summed E-state index contributed by atoms with van der Waals surface area (Å²) in [7, 11) is 0. The summed E-state index contributed by atoms with van der Waals surface area (Å²) in [6.45, 7) is 0.304. The van der Waals surface area contributed by atoms with Crippen molar-refractivity contribution in [2.24, 2.45) is 0 Å². The number of benzene rings is 1. The Morgan fingerprint density at radius 2 is 2.11 bits per heavy atom. The van der Waals surface area contributed by atoms with E-state index >= 15 is 0 Å². The average Bonchev–Trinajstić information content (AvgIpc) is 2.31. The highest BCUT2D eigenvalue weighted by Crippen LogP contribution is 2.06. The lowest BCUT2D eigenvalue weighted by Gasteiger charge is -2.07. The summed E-state index contributed by atoms with van der Waals surface area (Å²) < 4.78 is 14.5. The predicted octanol–water partition coefficient (Wildman–Crippen LogP) is 1.73. The Morgan fingerprint density at radius 1 is 1.33 bits per heavy atom. The zero-order valence-electron chi connectivity index (χ0n) is 9.34. The monoisotopic (exact) mass is 247 g/mol. The minimum Gasteiger partial charge on any atom is -0.477 e. The van der Waals surface area contributed by atoms with Crippen LogP contribution in [0.15, 0.2) is 47.5 Å². The fraction of sp³-hybridized carbons (Fsp3) is 0.0769. The number of carboxylic acids is 1. The first-order valence-electron chi connectivity index (χ1n) is 5.24. The van der Waals surface area contributed by atoms with Crippen LogP contribution in [-0.2, 0) is 6.54 Å². The molecule has 2 aromatic rings. The van der Waals surface area contributed by atoms with E-state index in [-0.39, 0.29) is 11.4 Å². The highest BCUT2D eigenvalue weighted by molar-refractivity contribution is 5.86. The Labute approximate surface area is 102 Å². The lowest BCUT2D eigenvalue weighted by atomic mass is 10.2. The fourth-order valence-electron chi connectivity index (χ4n) is 1.63. The number of rotatable bonds is 3. The molecule has 0 spiro atoms. The van der Waals surface area contributed by atoms with E-state index in [0.717, 1.165) is 0 Å². The van der Waals surface area contributed by atoms with E-state index in [1.807, 2.05) is 0 Å². The Balaban J connectivity index is 2.33. The average molecular weight is 247 g/mol. The zero-order valence-corrected chi connectivity index (χ0v) is 9.34. The zero-order chi connectivity index (χ0) is 13.1. The molecule has 18 heavy (non-hydrogen) atoms. The van der Waals surface area contributed by atoms with Gasteiger partial charge in [0.2, 0.25) is 0 Å². The summed E-state index contributed by atoms with van der Waals surface area (Å²) in [6.07, 6.45) is 2.72. The minimum absolute atomic E-state index is 0.297. The van der Waals surface area contributed by atoms with Crippen molar-refractivity contribution in [3.63, 3.8) is 0 Å². The highest BCUT2D eigenvalue weighted by atomic mass is 19.1. The molecule has 0 bridgehead atoms. The Hall–Kier alpha value is -2.43. The van der Waals surface area contributed by atoms with E-state index in [0.29, 0.717) is 12.1 Å². The summed E-state index contributed by atoms with van der Waals surface area (Å²) in [5.41, 5.74) is -0.151. The molecular weight excluding hydrogens is 237 g/mol. The van der Waals surface area contributed by atoms with Crippen molar-refractivity contribution in [2.75, 3.05) is 0 Å². The van der Waals surface area contributed by atoms with Crippen molar-refractivity contribution in [3.05, 3.63) is 69.9 Å². The van der Waals surface area contributed by atoms with E-state index in [1.165, 1.54) is 35.2 Å². The minimum atomic E-state index is -1.27. The summed E-state index contributed by atoms with van der Waals surface area (Å²) in [6, 6.07) is 7.17. The molecule has 0 amide bonds. The summed E-state index contributed by atoms with van der Waals surface area (Å²) >= 11 is 0. The summed E-state index contributed by atoms with van der Waals surface area (Å²) in [5.74, 6) is -1.62. The summed E-state index contributed by atoms with van der Waals surface area (Å²) in [5, 5.41) is 8.83. The molecule has 4 nitrogen and oxygen atoms in total. The van der Waals surface area contributed by atoms with Crippen LogP contribution in [-0.4, -0.2) is 15.6 Å². The second-order valence-corrected chi connectivity index (χ2v) is 3.83. The third kappa shape index (κ3) is 2.63. The molecule has 0 aliphatic rings. The number of carboxylic acid groups (broad SMARTS) is 1. The predicted molar refractivity (Wildman–Crippen MR) is 63.2 cm³/mol. The van der Waals surface area contributed by atoms with Gasteiger partial charge in [0.25, 0.3) is 0 Å². The first-order chi connectivity index (χ1) is 8.56. The van der Waals surface area contributed by atoms with Gasteiger partial charge in [0.1, 0.15) is 11.4 Å². The molecule has 0 radical (unpaired) electrons. The smallest absolute Gasteiger partial charge is 0.341 e. The number of hydrogen-bond acceptors (Lipinski definition) is 2. The number of pyridine rings is 1. The van der Waals surface area contributed by atoms with Crippen LogP contribution in [0.1, 0.15) is 15.9 Å². The van der Waals surface area contributed by atoms with Gasteiger partial charge in [-0.05, 0) is 17.7 Å². The van der Waals surface area contributed by atoms with Gasteiger partial charge in [-0.25, -0.2) is 9.18 Å². The van der Waals surface area contributed by atoms with Crippen molar-refractivity contribution in [2.45, 2.75) is 6.54 Å². The number of halogens is 1. The number of carbonyl (C=O) groups is 1. The fourth-order valence-corrected chi connectivity index (χ4v) is 1.63. The van der Waals surface area contributed by atoms with Crippen LogP contribution in [0.2, 0.25) is 0 Å². The highest BCUT2D eigenvalue weighted by Gasteiger charge is 2.08. The van der Waals surface area contributed by atoms with E-state index in [1.54, 1.807) is 12.1 Å². The maximum absolute atomic E-state index is 13.0. The molecule has 0 aliphatic carbocycles. The number of hydrogen-bond donors (Lipinski definition) is 1. The molecule has 0 saturated carbocycles. The van der Waals surface area contributed by atoms with Gasteiger partial charge in [0.05, 0.1) is 0 Å². The van der Waals surface area contributed by atoms with Crippen LogP contribution in [0.4, 0.5) is 4.39 Å². The third-order valence-electron chi connectivity index (χ3n) is 2.46. The van der Waals surface area contributed by atoms with Crippen LogP contribution >= 0.6 is 0 Å². The molecule has 92 valence electrons. The van der Waals surface area contributed by atoms with Crippen molar-refractivity contribution >= 4 is 5.97 Å². The molecule has 1 N–H and O–H groups in total. The van der Waals surface area contributed by atoms with E-state index in [4.69, 9.17) is 5.11 Å². The molecule has 0 unspecified atom stereocenters. The number of aromatic nitrogens is 1. The molecule has 1 aromatic heterocycles. The maximum Gasteiger partial charge on any atom is 0.341 e. The first-order valence-corrected chi connectivity index (χ1v) is 5.24. The molecular formula is C13H10FNO3. The lowest BCUT2D eigenvalue weighted by molar-refractivity contribution is 0.0694. The second kappa shape index (κ2) is 4.83. The first kappa shape index (κ1) is 12.0. The molecule has 0 aliphatic heterocycles. The van der Waals surface area contributed by atoms with Crippen molar-refractivity contribution in [3.8, 4) is 0 Å². The number of aromatic carboxylic acids is 1. The van der Waals surface area contributed by atoms with Crippen LogP contribution in [0.25, 0.3) is 0 Å². The number of nitrogens with zero attached hydrogens (tertiary/aromatic N) is 1. The van der Waals surface area contributed by atoms with Crippen molar-refractivity contribution in [1.29, 1.82) is 0 Å².